The zero-order valence-corrected chi connectivity index (χ0v) is 10.7. The molecule has 98 valence electrons. The summed E-state index contributed by atoms with van der Waals surface area (Å²) in [4.78, 5) is 10.4. The largest absolute Gasteiger partial charge is 0.481 e. The van der Waals surface area contributed by atoms with Crippen molar-refractivity contribution in [2.45, 2.75) is 26.4 Å². The second kappa shape index (κ2) is 8.48. The lowest BCUT2D eigenvalue weighted by Gasteiger charge is -2.04. The van der Waals surface area contributed by atoms with Crippen LogP contribution in [0.15, 0.2) is 42.5 Å². The van der Waals surface area contributed by atoms with E-state index >= 15 is 0 Å². The molecule has 1 aromatic carbocycles. The van der Waals surface area contributed by atoms with Gasteiger partial charge < -0.3 is 9.84 Å². The third-order valence-electron chi connectivity index (χ3n) is 2.60. The lowest BCUT2D eigenvalue weighted by atomic mass is 10.1. The molecule has 3 nitrogen and oxygen atoms in total. The number of hydrogen-bond donors (Lipinski definition) is 1. The number of rotatable bonds is 8. The number of benzene rings is 1. The molecule has 18 heavy (non-hydrogen) atoms. The van der Waals surface area contributed by atoms with Crippen LogP contribution in [0.3, 0.4) is 0 Å². The molecule has 1 N–H and O–H groups in total. The maximum atomic E-state index is 10.4. The van der Waals surface area contributed by atoms with Crippen LogP contribution in [0.1, 0.15) is 25.3 Å². The first-order valence-electron chi connectivity index (χ1n) is 6.18. The smallest absolute Gasteiger partial charge is 0.303 e. The van der Waals surface area contributed by atoms with Crippen molar-refractivity contribution in [2.24, 2.45) is 5.92 Å². The fourth-order valence-electron chi connectivity index (χ4n) is 1.55. The Balaban J connectivity index is 2.11. The Morgan fingerprint density at radius 2 is 2.11 bits per heavy atom. The molecule has 1 atom stereocenters. The van der Waals surface area contributed by atoms with Crippen LogP contribution in [0, 0.1) is 5.92 Å². The Hall–Kier alpha value is -1.61. The molecule has 1 aromatic rings. The summed E-state index contributed by atoms with van der Waals surface area (Å²) in [5, 5.41) is 8.55. The van der Waals surface area contributed by atoms with E-state index in [9.17, 15) is 4.79 Å². The van der Waals surface area contributed by atoms with Gasteiger partial charge in [0.25, 0.3) is 0 Å². The summed E-state index contributed by atoms with van der Waals surface area (Å²) in [7, 11) is 0. The number of allylic oxidation sites excluding steroid dienone is 1. The SMILES string of the molecule is C[C@H](/C=C/COCc1ccccc1)CCC(=O)O. The number of carboxylic acids is 1. The van der Waals surface area contributed by atoms with Gasteiger partial charge in [0.1, 0.15) is 0 Å². The standard InChI is InChI=1S/C15H20O3/c1-13(9-10-15(16)17)6-5-11-18-12-14-7-3-2-4-8-14/h2-8,13H,9-12H2,1H3,(H,16,17)/b6-5+/t13-/m1/s1. The summed E-state index contributed by atoms with van der Waals surface area (Å²) in [6.45, 7) is 3.18. The molecular formula is C15H20O3. The Kier molecular flexibility index (Phi) is 6.81. The van der Waals surface area contributed by atoms with Gasteiger partial charge in [-0.05, 0) is 17.9 Å². The van der Waals surface area contributed by atoms with E-state index in [0.717, 1.165) is 5.56 Å². The summed E-state index contributed by atoms with van der Waals surface area (Å²) in [5.74, 6) is -0.461. The number of carbonyl (C=O) groups is 1. The number of hydrogen-bond acceptors (Lipinski definition) is 2. The van der Waals surface area contributed by atoms with E-state index < -0.39 is 5.97 Å². The van der Waals surface area contributed by atoms with Crippen LogP contribution < -0.4 is 0 Å². The first kappa shape index (κ1) is 14.5. The molecule has 0 unspecified atom stereocenters. The van der Waals surface area contributed by atoms with E-state index in [1.54, 1.807) is 0 Å². The molecule has 3 heteroatoms. The minimum Gasteiger partial charge on any atom is -0.481 e. The van der Waals surface area contributed by atoms with Crippen molar-refractivity contribution in [3.05, 3.63) is 48.0 Å². The lowest BCUT2D eigenvalue weighted by molar-refractivity contribution is -0.137. The highest BCUT2D eigenvalue weighted by Gasteiger charge is 2.01. The highest BCUT2D eigenvalue weighted by atomic mass is 16.5. The minimum absolute atomic E-state index is 0.219. The van der Waals surface area contributed by atoms with E-state index in [2.05, 4.69) is 0 Å². The van der Waals surface area contributed by atoms with Crippen molar-refractivity contribution >= 4 is 5.97 Å². The normalized spacial score (nSPS) is 12.7. The maximum Gasteiger partial charge on any atom is 0.303 e. The molecule has 0 aliphatic carbocycles. The van der Waals surface area contributed by atoms with Gasteiger partial charge in [-0.15, -0.1) is 0 Å². The van der Waals surface area contributed by atoms with Crippen molar-refractivity contribution in [1.82, 2.24) is 0 Å². The number of ether oxygens (including phenoxy) is 1. The quantitative estimate of drug-likeness (QED) is 0.567. The summed E-state index contributed by atoms with van der Waals surface area (Å²) in [6, 6.07) is 10.0. The molecule has 1 rings (SSSR count). The summed E-state index contributed by atoms with van der Waals surface area (Å²) in [6.07, 6.45) is 4.85. The van der Waals surface area contributed by atoms with Gasteiger partial charge in [0.05, 0.1) is 13.2 Å². The lowest BCUT2D eigenvalue weighted by Crippen LogP contribution is -1.99. The van der Waals surface area contributed by atoms with E-state index in [-0.39, 0.29) is 12.3 Å². The Morgan fingerprint density at radius 3 is 2.78 bits per heavy atom. The van der Waals surface area contributed by atoms with Gasteiger partial charge in [0.2, 0.25) is 0 Å². The molecule has 0 radical (unpaired) electrons. The molecule has 0 aliphatic heterocycles. The van der Waals surface area contributed by atoms with Crippen LogP contribution in [-0.4, -0.2) is 17.7 Å². The second-order valence-corrected chi connectivity index (χ2v) is 4.34. The minimum atomic E-state index is -0.740. The van der Waals surface area contributed by atoms with Gasteiger partial charge in [0.15, 0.2) is 0 Å². The fraction of sp³-hybridized carbons (Fsp3) is 0.400. The monoisotopic (exact) mass is 248 g/mol. The van der Waals surface area contributed by atoms with Crippen LogP contribution >= 0.6 is 0 Å². The molecule has 0 amide bonds. The van der Waals surface area contributed by atoms with Crippen molar-refractivity contribution < 1.29 is 14.6 Å². The van der Waals surface area contributed by atoms with Gasteiger partial charge in [-0.1, -0.05) is 49.4 Å². The number of aliphatic carboxylic acids is 1. The van der Waals surface area contributed by atoms with Crippen LogP contribution in [0.5, 0.6) is 0 Å². The predicted octanol–water partition coefficient (Wildman–Crippen LogP) is 3.26. The van der Waals surface area contributed by atoms with Crippen LogP contribution in [0.4, 0.5) is 0 Å². The first-order chi connectivity index (χ1) is 8.68. The van der Waals surface area contributed by atoms with E-state index in [4.69, 9.17) is 9.84 Å². The van der Waals surface area contributed by atoms with Gasteiger partial charge in [0, 0.05) is 6.42 Å². The highest BCUT2D eigenvalue weighted by Crippen LogP contribution is 2.07. The maximum absolute atomic E-state index is 10.4. The summed E-state index contributed by atoms with van der Waals surface area (Å²) < 4.78 is 5.49. The molecule has 0 aromatic heterocycles. The molecular weight excluding hydrogens is 228 g/mol. The van der Waals surface area contributed by atoms with Crippen molar-refractivity contribution in [3.8, 4) is 0 Å². The fourth-order valence-corrected chi connectivity index (χ4v) is 1.55. The zero-order valence-electron chi connectivity index (χ0n) is 10.7. The average molecular weight is 248 g/mol. The van der Waals surface area contributed by atoms with Crippen LogP contribution in [-0.2, 0) is 16.1 Å². The Morgan fingerprint density at radius 1 is 1.39 bits per heavy atom. The van der Waals surface area contributed by atoms with Crippen LogP contribution in [0.25, 0.3) is 0 Å². The highest BCUT2D eigenvalue weighted by molar-refractivity contribution is 5.66. The van der Waals surface area contributed by atoms with Gasteiger partial charge in [-0.25, -0.2) is 0 Å². The molecule has 0 aliphatic rings. The molecule has 0 saturated carbocycles. The molecule has 0 heterocycles. The summed E-state index contributed by atoms with van der Waals surface area (Å²) in [5.41, 5.74) is 1.16. The second-order valence-electron chi connectivity index (χ2n) is 4.34. The first-order valence-corrected chi connectivity index (χ1v) is 6.18. The average Bonchev–Trinajstić information content (AvgIpc) is 2.37. The van der Waals surface area contributed by atoms with Crippen LogP contribution in [0.2, 0.25) is 0 Å². The van der Waals surface area contributed by atoms with E-state index in [0.29, 0.717) is 19.6 Å². The van der Waals surface area contributed by atoms with Crippen molar-refractivity contribution in [1.29, 1.82) is 0 Å². The summed E-state index contributed by atoms with van der Waals surface area (Å²) >= 11 is 0. The third-order valence-corrected chi connectivity index (χ3v) is 2.60. The van der Waals surface area contributed by atoms with E-state index in [1.165, 1.54) is 0 Å². The third kappa shape index (κ3) is 6.86. The van der Waals surface area contributed by atoms with Crippen molar-refractivity contribution in [3.63, 3.8) is 0 Å². The molecule has 0 fully saturated rings. The topological polar surface area (TPSA) is 46.5 Å². The molecule has 0 bridgehead atoms. The van der Waals surface area contributed by atoms with Gasteiger partial charge >= 0.3 is 5.97 Å². The van der Waals surface area contributed by atoms with Gasteiger partial charge in [-0.2, -0.15) is 0 Å². The predicted molar refractivity (Wildman–Crippen MR) is 71.3 cm³/mol. The molecule has 0 spiro atoms. The van der Waals surface area contributed by atoms with Crippen molar-refractivity contribution in [2.75, 3.05) is 6.61 Å². The molecule has 0 saturated heterocycles. The zero-order chi connectivity index (χ0) is 13.2. The van der Waals surface area contributed by atoms with Gasteiger partial charge in [-0.3, -0.25) is 4.79 Å². The number of carboxylic acid groups (broad SMARTS) is 1. The Labute approximate surface area is 108 Å². The Bertz CT molecular complexity index is 371. The van der Waals surface area contributed by atoms with E-state index in [1.807, 2.05) is 49.4 Å².